The van der Waals surface area contributed by atoms with Crippen molar-refractivity contribution in [3.63, 3.8) is 0 Å². The van der Waals surface area contributed by atoms with Gasteiger partial charge in [-0.05, 0) is 25.0 Å². The van der Waals surface area contributed by atoms with Crippen LogP contribution in [0.15, 0.2) is 18.2 Å². The molecule has 0 unspecified atom stereocenters. The first-order valence-electron chi connectivity index (χ1n) is 6.52. The van der Waals surface area contributed by atoms with Gasteiger partial charge in [-0.1, -0.05) is 24.4 Å². The summed E-state index contributed by atoms with van der Waals surface area (Å²) in [6, 6.07) is 4.63. The Balaban J connectivity index is 2.20. The zero-order valence-electron chi connectivity index (χ0n) is 10.7. The van der Waals surface area contributed by atoms with Crippen LogP contribution in [0.5, 0.6) is 5.75 Å². The maximum Gasteiger partial charge on any atom is 0.148 e. The van der Waals surface area contributed by atoms with Gasteiger partial charge in [0.2, 0.25) is 0 Å². The van der Waals surface area contributed by atoms with Crippen LogP contribution >= 0.6 is 11.6 Å². The number of hydrogen-bond acceptors (Lipinski definition) is 2. The van der Waals surface area contributed by atoms with Crippen LogP contribution in [0.4, 0.5) is 4.39 Å². The summed E-state index contributed by atoms with van der Waals surface area (Å²) in [7, 11) is 1.52. The van der Waals surface area contributed by atoms with Crippen molar-refractivity contribution in [3.8, 4) is 5.75 Å². The molecule has 0 amide bonds. The first-order valence-corrected chi connectivity index (χ1v) is 6.90. The number of benzene rings is 1. The fraction of sp³-hybridized carbons (Fsp3) is 0.400. The lowest BCUT2D eigenvalue weighted by atomic mass is 10.0. The van der Waals surface area contributed by atoms with Gasteiger partial charge < -0.3 is 4.74 Å². The van der Waals surface area contributed by atoms with Crippen LogP contribution in [0.2, 0.25) is 5.02 Å². The Labute approximate surface area is 116 Å². The van der Waals surface area contributed by atoms with Gasteiger partial charge in [-0.15, -0.1) is 0 Å². The topological polar surface area (TPSA) is 22.1 Å². The standard InChI is InChI=1S/C15H15ClFNO/c1-19-14-7-10(17)6-11-12(16)8-13(18-15(11)14)9-4-2-3-5-9/h6-9H,2-5H2,1H3. The van der Waals surface area contributed by atoms with Gasteiger partial charge in [-0.3, -0.25) is 0 Å². The van der Waals surface area contributed by atoms with Gasteiger partial charge in [0.05, 0.1) is 12.1 Å². The number of methoxy groups -OCH3 is 1. The summed E-state index contributed by atoms with van der Waals surface area (Å²) < 4.78 is 18.7. The molecule has 0 aliphatic heterocycles. The molecular weight excluding hydrogens is 265 g/mol. The summed E-state index contributed by atoms with van der Waals surface area (Å²) in [4.78, 5) is 4.65. The SMILES string of the molecule is COc1cc(F)cc2c(Cl)cc(C3CCCC3)nc12. The van der Waals surface area contributed by atoms with E-state index in [0.717, 1.165) is 18.5 Å². The summed E-state index contributed by atoms with van der Waals surface area (Å²) in [5, 5.41) is 1.16. The van der Waals surface area contributed by atoms with E-state index >= 15 is 0 Å². The highest BCUT2D eigenvalue weighted by Gasteiger charge is 2.20. The molecule has 1 saturated carbocycles. The molecule has 1 aromatic heterocycles. The van der Waals surface area contributed by atoms with Crippen molar-refractivity contribution in [2.24, 2.45) is 0 Å². The van der Waals surface area contributed by atoms with Crippen molar-refractivity contribution in [1.82, 2.24) is 4.98 Å². The average molecular weight is 280 g/mol. The Kier molecular flexibility index (Phi) is 3.31. The maximum atomic E-state index is 13.5. The Morgan fingerprint density at radius 3 is 2.68 bits per heavy atom. The monoisotopic (exact) mass is 279 g/mol. The van der Waals surface area contributed by atoms with E-state index in [0.29, 0.717) is 27.6 Å². The molecule has 1 aromatic carbocycles. The van der Waals surface area contributed by atoms with Crippen molar-refractivity contribution in [1.29, 1.82) is 0 Å². The number of aromatic nitrogens is 1. The number of rotatable bonds is 2. The highest BCUT2D eigenvalue weighted by atomic mass is 35.5. The molecule has 0 bridgehead atoms. The molecule has 1 aliphatic rings. The molecule has 3 rings (SSSR count). The minimum Gasteiger partial charge on any atom is -0.494 e. The van der Waals surface area contributed by atoms with Crippen LogP contribution in [0.25, 0.3) is 10.9 Å². The number of pyridine rings is 1. The summed E-state index contributed by atoms with van der Waals surface area (Å²) in [5.74, 6) is 0.551. The predicted octanol–water partition coefficient (Wildman–Crippen LogP) is 4.69. The largest absolute Gasteiger partial charge is 0.494 e. The zero-order chi connectivity index (χ0) is 13.4. The van der Waals surface area contributed by atoms with Crippen molar-refractivity contribution >= 4 is 22.5 Å². The fourth-order valence-electron chi connectivity index (χ4n) is 2.83. The lowest BCUT2D eigenvalue weighted by Crippen LogP contribution is -1.99. The van der Waals surface area contributed by atoms with Gasteiger partial charge in [0.1, 0.15) is 17.1 Å². The average Bonchev–Trinajstić information content (AvgIpc) is 2.92. The lowest BCUT2D eigenvalue weighted by Gasteiger charge is -2.13. The zero-order valence-corrected chi connectivity index (χ0v) is 11.5. The van der Waals surface area contributed by atoms with Crippen molar-refractivity contribution in [3.05, 3.63) is 34.7 Å². The first-order chi connectivity index (χ1) is 9.19. The van der Waals surface area contributed by atoms with E-state index in [9.17, 15) is 4.39 Å². The van der Waals surface area contributed by atoms with Gasteiger partial charge in [-0.2, -0.15) is 0 Å². The van der Waals surface area contributed by atoms with Gasteiger partial charge in [0.15, 0.2) is 0 Å². The highest BCUT2D eigenvalue weighted by molar-refractivity contribution is 6.35. The molecule has 4 heteroatoms. The Morgan fingerprint density at radius 1 is 1.26 bits per heavy atom. The summed E-state index contributed by atoms with van der Waals surface area (Å²) in [6.07, 6.45) is 4.78. The van der Waals surface area contributed by atoms with E-state index < -0.39 is 0 Å². The Morgan fingerprint density at radius 2 is 2.00 bits per heavy atom. The summed E-state index contributed by atoms with van der Waals surface area (Å²) in [5.41, 5.74) is 1.65. The van der Waals surface area contributed by atoms with E-state index in [1.165, 1.54) is 32.1 Å². The molecular formula is C15H15ClFNO. The first kappa shape index (κ1) is 12.7. The van der Waals surface area contributed by atoms with Gasteiger partial charge in [0, 0.05) is 23.1 Å². The molecule has 1 fully saturated rings. The second kappa shape index (κ2) is 4.97. The molecule has 100 valence electrons. The third-order valence-corrected chi connectivity index (χ3v) is 4.12. The van der Waals surface area contributed by atoms with Gasteiger partial charge >= 0.3 is 0 Å². The number of hydrogen-bond donors (Lipinski definition) is 0. The van der Waals surface area contributed by atoms with Crippen LogP contribution in [0, 0.1) is 5.82 Å². The molecule has 19 heavy (non-hydrogen) atoms. The second-order valence-electron chi connectivity index (χ2n) is 5.01. The fourth-order valence-corrected chi connectivity index (χ4v) is 3.08. The quantitative estimate of drug-likeness (QED) is 0.795. The molecule has 0 radical (unpaired) electrons. The number of fused-ring (bicyclic) bond motifs is 1. The molecule has 0 saturated heterocycles. The molecule has 2 nitrogen and oxygen atoms in total. The summed E-state index contributed by atoms with van der Waals surface area (Å²) >= 11 is 6.28. The van der Waals surface area contributed by atoms with Gasteiger partial charge in [0.25, 0.3) is 0 Å². The van der Waals surface area contributed by atoms with Crippen LogP contribution < -0.4 is 4.74 Å². The van der Waals surface area contributed by atoms with Crippen molar-refractivity contribution in [2.75, 3.05) is 7.11 Å². The van der Waals surface area contributed by atoms with E-state index in [-0.39, 0.29) is 5.82 Å². The van der Waals surface area contributed by atoms with E-state index in [1.54, 1.807) is 0 Å². The van der Waals surface area contributed by atoms with Crippen LogP contribution in [-0.2, 0) is 0 Å². The van der Waals surface area contributed by atoms with Crippen molar-refractivity contribution < 1.29 is 9.13 Å². The minimum absolute atomic E-state index is 0.360. The highest BCUT2D eigenvalue weighted by Crippen LogP contribution is 2.37. The maximum absolute atomic E-state index is 13.5. The number of ether oxygens (including phenoxy) is 1. The predicted molar refractivity (Wildman–Crippen MR) is 74.5 cm³/mol. The van der Waals surface area contributed by atoms with Crippen LogP contribution in [-0.4, -0.2) is 12.1 Å². The molecule has 1 heterocycles. The summed E-state index contributed by atoms with van der Waals surface area (Å²) in [6.45, 7) is 0. The third-order valence-electron chi connectivity index (χ3n) is 3.81. The smallest absolute Gasteiger partial charge is 0.148 e. The second-order valence-corrected chi connectivity index (χ2v) is 5.42. The lowest BCUT2D eigenvalue weighted by molar-refractivity contribution is 0.415. The van der Waals surface area contributed by atoms with E-state index in [1.807, 2.05) is 6.07 Å². The molecule has 0 atom stereocenters. The minimum atomic E-state index is -0.360. The Hall–Kier alpha value is -1.35. The molecule has 2 aromatic rings. The van der Waals surface area contributed by atoms with Crippen molar-refractivity contribution in [2.45, 2.75) is 31.6 Å². The number of halogens is 2. The molecule has 0 spiro atoms. The normalized spacial score (nSPS) is 16.2. The van der Waals surface area contributed by atoms with E-state index in [2.05, 4.69) is 4.98 Å². The number of nitrogens with zero attached hydrogens (tertiary/aromatic N) is 1. The Bertz CT molecular complexity index is 623. The van der Waals surface area contributed by atoms with Crippen LogP contribution in [0.3, 0.4) is 0 Å². The van der Waals surface area contributed by atoms with E-state index in [4.69, 9.17) is 16.3 Å². The van der Waals surface area contributed by atoms with Crippen LogP contribution in [0.1, 0.15) is 37.3 Å². The van der Waals surface area contributed by atoms with Gasteiger partial charge in [-0.25, -0.2) is 9.37 Å². The molecule has 0 N–H and O–H groups in total. The molecule has 1 aliphatic carbocycles. The third kappa shape index (κ3) is 2.27.